The molecule has 0 amide bonds. The summed E-state index contributed by atoms with van der Waals surface area (Å²) in [5, 5.41) is 12.1. The number of carbonyl (C=O) groups is 1. The number of nitrogens with one attached hydrogen (secondary N) is 1. The number of hydrogen-bond donors (Lipinski definition) is 2. The van der Waals surface area contributed by atoms with Crippen LogP contribution in [0.2, 0.25) is 0 Å². The molecule has 2 N–H and O–H groups in total. The molecular formula is C12H15NO2. The van der Waals surface area contributed by atoms with Gasteiger partial charge in [-0.1, -0.05) is 18.2 Å². The molecule has 0 spiro atoms. The summed E-state index contributed by atoms with van der Waals surface area (Å²) < 4.78 is 0. The predicted molar refractivity (Wildman–Crippen MR) is 59.9 cm³/mol. The Hall–Kier alpha value is -1.61. The van der Waals surface area contributed by atoms with E-state index < -0.39 is 0 Å². The van der Waals surface area contributed by atoms with Crippen molar-refractivity contribution in [3.8, 4) is 5.75 Å². The first-order valence-electron chi connectivity index (χ1n) is 4.83. The topological polar surface area (TPSA) is 49.3 Å². The Balaban J connectivity index is 2.40. The first kappa shape index (κ1) is 11.5. The number of benzene rings is 1. The van der Waals surface area contributed by atoms with Crippen LogP contribution in [-0.4, -0.2) is 24.0 Å². The van der Waals surface area contributed by atoms with E-state index >= 15 is 0 Å². The molecule has 0 bridgehead atoms. The predicted octanol–water partition coefficient (Wildman–Crippen LogP) is 1.28. The van der Waals surface area contributed by atoms with Crippen LogP contribution in [0, 0.1) is 0 Å². The lowest BCUT2D eigenvalue weighted by molar-refractivity contribution is -0.117. The molecule has 0 aliphatic rings. The van der Waals surface area contributed by atoms with Gasteiger partial charge < -0.3 is 10.4 Å². The van der Waals surface area contributed by atoms with Crippen LogP contribution in [0.3, 0.4) is 0 Å². The van der Waals surface area contributed by atoms with Crippen molar-refractivity contribution in [2.24, 2.45) is 0 Å². The second-order valence-corrected chi connectivity index (χ2v) is 3.30. The summed E-state index contributed by atoms with van der Waals surface area (Å²) in [6.45, 7) is 4.51. The summed E-state index contributed by atoms with van der Waals surface area (Å²) in [6.07, 6.45) is 2.06. The highest BCUT2D eigenvalue weighted by atomic mass is 16.3. The Labute approximate surface area is 89.4 Å². The standard InChI is InChI=1S/C12H15NO2/c1-2-6-13-9-12(15)8-10-4-3-5-11(14)7-10/h2-5,7,13-14H,1,6,8-9H2. The van der Waals surface area contributed by atoms with Gasteiger partial charge in [0, 0.05) is 13.0 Å². The second-order valence-electron chi connectivity index (χ2n) is 3.30. The van der Waals surface area contributed by atoms with Crippen LogP contribution in [0.5, 0.6) is 5.75 Å². The molecule has 0 aromatic heterocycles. The van der Waals surface area contributed by atoms with Crippen molar-refractivity contribution in [2.45, 2.75) is 6.42 Å². The monoisotopic (exact) mass is 205 g/mol. The summed E-state index contributed by atoms with van der Waals surface area (Å²) in [6, 6.07) is 6.75. The first-order valence-corrected chi connectivity index (χ1v) is 4.83. The molecule has 3 heteroatoms. The van der Waals surface area contributed by atoms with Crippen LogP contribution in [0.15, 0.2) is 36.9 Å². The van der Waals surface area contributed by atoms with E-state index in [0.717, 1.165) is 5.56 Å². The average Bonchev–Trinajstić information content (AvgIpc) is 2.18. The third-order valence-corrected chi connectivity index (χ3v) is 1.92. The van der Waals surface area contributed by atoms with Gasteiger partial charge in [-0.05, 0) is 17.7 Å². The summed E-state index contributed by atoms with van der Waals surface area (Å²) in [4.78, 5) is 11.4. The number of phenolic OH excluding ortho intramolecular Hbond substituents is 1. The Bertz CT molecular complexity index is 347. The molecule has 0 atom stereocenters. The second kappa shape index (κ2) is 5.98. The molecule has 1 aromatic carbocycles. The summed E-state index contributed by atoms with van der Waals surface area (Å²) in [7, 11) is 0. The molecule has 3 nitrogen and oxygen atoms in total. The lowest BCUT2D eigenvalue weighted by Crippen LogP contribution is -2.24. The van der Waals surface area contributed by atoms with E-state index in [1.165, 1.54) is 0 Å². The van der Waals surface area contributed by atoms with E-state index in [1.807, 2.05) is 6.07 Å². The third kappa shape index (κ3) is 4.42. The van der Waals surface area contributed by atoms with Crippen molar-refractivity contribution >= 4 is 5.78 Å². The number of ketones is 1. The molecule has 0 saturated carbocycles. The number of rotatable bonds is 6. The largest absolute Gasteiger partial charge is 0.508 e. The van der Waals surface area contributed by atoms with Gasteiger partial charge in [0.2, 0.25) is 0 Å². The van der Waals surface area contributed by atoms with Crippen LogP contribution in [0.1, 0.15) is 5.56 Å². The van der Waals surface area contributed by atoms with Crippen molar-refractivity contribution < 1.29 is 9.90 Å². The number of Topliss-reactive ketones (excluding diaryl/α,β-unsaturated/α-hetero) is 1. The zero-order valence-corrected chi connectivity index (χ0v) is 8.57. The number of hydrogen-bond acceptors (Lipinski definition) is 3. The van der Waals surface area contributed by atoms with Crippen molar-refractivity contribution in [1.29, 1.82) is 0 Å². The zero-order chi connectivity index (χ0) is 11.1. The van der Waals surface area contributed by atoms with Crippen LogP contribution >= 0.6 is 0 Å². The fourth-order valence-electron chi connectivity index (χ4n) is 1.27. The van der Waals surface area contributed by atoms with Gasteiger partial charge in [-0.2, -0.15) is 0 Å². The maximum Gasteiger partial charge on any atom is 0.150 e. The molecule has 1 rings (SSSR count). The van der Waals surface area contributed by atoms with E-state index in [2.05, 4.69) is 11.9 Å². The first-order chi connectivity index (χ1) is 7.22. The van der Waals surface area contributed by atoms with Crippen molar-refractivity contribution in [3.05, 3.63) is 42.5 Å². The molecule has 80 valence electrons. The third-order valence-electron chi connectivity index (χ3n) is 1.92. The maximum atomic E-state index is 11.4. The normalized spacial score (nSPS) is 9.87. The fourth-order valence-corrected chi connectivity index (χ4v) is 1.27. The average molecular weight is 205 g/mol. The van der Waals surface area contributed by atoms with Crippen LogP contribution in [-0.2, 0) is 11.2 Å². The molecule has 0 radical (unpaired) electrons. The molecule has 1 aromatic rings. The van der Waals surface area contributed by atoms with Gasteiger partial charge in [-0.15, -0.1) is 6.58 Å². The summed E-state index contributed by atoms with van der Waals surface area (Å²) in [5.41, 5.74) is 0.834. The van der Waals surface area contributed by atoms with Gasteiger partial charge in [0.15, 0.2) is 5.78 Å². The van der Waals surface area contributed by atoms with Gasteiger partial charge >= 0.3 is 0 Å². The van der Waals surface area contributed by atoms with E-state index in [4.69, 9.17) is 0 Å². The maximum absolute atomic E-state index is 11.4. The smallest absolute Gasteiger partial charge is 0.150 e. The van der Waals surface area contributed by atoms with E-state index in [1.54, 1.807) is 24.3 Å². The Morgan fingerprint density at radius 1 is 1.53 bits per heavy atom. The Morgan fingerprint density at radius 2 is 2.33 bits per heavy atom. The van der Waals surface area contributed by atoms with Gasteiger partial charge in [0.25, 0.3) is 0 Å². The molecule has 15 heavy (non-hydrogen) atoms. The molecular weight excluding hydrogens is 190 g/mol. The van der Waals surface area contributed by atoms with Gasteiger partial charge in [0.1, 0.15) is 5.75 Å². The van der Waals surface area contributed by atoms with Crippen LogP contribution in [0.25, 0.3) is 0 Å². The molecule has 0 heterocycles. The Morgan fingerprint density at radius 3 is 3.00 bits per heavy atom. The Kier molecular flexibility index (Phi) is 4.57. The SMILES string of the molecule is C=CCNCC(=O)Cc1cccc(O)c1. The van der Waals surface area contributed by atoms with Gasteiger partial charge in [-0.3, -0.25) is 4.79 Å². The lowest BCUT2D eigenvalue weighted by Gasteiger charge is -2.02. The van der Waals surface area contributed by atoms with E-state index in [0.29, 0.717) is 19.5 Å². The van der Waals surface area contributed by atoms with E-state index in [-0.39, 0.29) is 11.5 Å². The van der Waals surface area contributed by atoms with Crippen LogP contribution < -0.4 is 5.32 Å². The van der Waals surface area contributed by atoms with Crippen molar-refractivity contribution in [2.75, 3.05) is 13.1 Å². The minimum Gasteiger partial charge on any atom is -0.508 e. The minimum atomic E-state index is 0.0995. The molecule has 0 aliphatic heterocycles. The quantitative estimate of drug-likeness (QED) is 0.543. The molecule has 0 fully saturated rings. The minimum absolute atomic E-state index is 0.0995. The molecule has 0 aliphatic carbocycles. The highest BCUT2D eigenvalue weighted by molar-refractivity contribution is 5.82. The lowest BCUT2D eigenvalue weighted by atomic mass is 10.1. The number of carbonyl (C=O) groups excluding carboxylic acids is 1. The molecule has 0 saturated heterocycles. The molecule has 0 unspecified atom stereocenters. The fraction of sp³-hybridized carbons (Fsp3) is 0.250. The number of phenols is 1. The van der Waals surface area contributed by atoms with Crippen LogP contribution in [0.4, 0.5) is 0 Å². The summed E-state index contributed by atoms with van der Waals surface area (Å²) in [5.74, 6) is 0.293. The van der Waals surface area contributed by atoms with Crippen molar-refractivity contribution in [1.82, 2.24) is 5.32 Å². The summed E-state index contributed by atoms with van der Waals surface area (Å²) >= 11 is 0. The highest BCUT2D eigenvalue weighted by Gasteiger charge is 2.03. The van der Waals surface area contributed by atoms with Gasteiger partial charge in [-0.25, -0.2) is 0 Å². The van der Waals surface area contributed by atoms with E-state index in [9.17, 15) is 9.90 Å². The highest BCUT2D eigenvalue weighted by Crippen LogP contribution is 2.11. The van der Waals surface area contributed by atoms with Crippen molar-refractivity contribution in [3.63, 3.8) is 0 Å². The number of aromatic hydroxyl groups is 1. The zero-order valence-electron chi connectivity index (χ0n) is 8.57. The van der Waals surface area contributed by atoms with Gasteiger partial charge in [0.05, 0.1) is 6.54 Å².